The maximum atomic E-state index is 12.5. The molecule has 0 aromatic heterocycles. The number of halogens is 2. The first kappa shape index (κ1) is 23.8. The van der Waals surface area contributed by atoms with Gasteiger partial charge in [-0.05, 0) is 61.2 Å². The zero-order chi connectivity index (χ0) is 22.8. The van der Waals surface area contributed by atoms with Crippen LogP contribution in [0, 0.1) is 0 Å². The van der Waals surface area contributed by atoms with Crippen LogP contribution in [0.5, 0.6) is 17.2 Å². The maximum Gasteiger partial charge on any atom is 0.251 e. The summed E-state index contributed by atoms with van der Waals surface area (Å²) < 4.78 is 36.0. The summed E-state index contributed by atoms with van der Waals surface area (Å²) in [5, 5.41) is 6.74. The van der Waals surface area contributed by atoms with Gasteiger partial charge in [0.2, 0.25) is 0 Å². The number of likely N-dealkylation sites (tertiary alicyclic amines) is 1. The molecule has 174 valence electrons. The lowest BCUT2D eigenvalue weighted by Gasteiger charge is -2.32. The number of alkyl halides is 2. The molecule has 0 atom stereocenters. The summed E-state index contributed by atoms with van der Waals surface area (Å²) in [6, 6.07) is 15.7. The highest BCUT2D eigenvalue weighted by molar-refractivity contribution is 5.79. The molecule has 0 unspecified atom stereocenters. The third-order valence-corrected chi connectivity index (χ3v) is 5.47. The number of nitrogens with zero attached hydrogens (tertiary/aromatic N) is 2. The molecular weight excluding hydrogens is 414 g/mol. The molecule has 2 aromatic rings. The summed E-state index contributed by atoms with van der Waals surface area (Å²) in [6.07, 6.45) is 0.250. The average Bonchev–Trinajstić information content (AvgIpc) is 2.81. The number of benzene rings is 2. The Morgan fingerprint density at radius 2 is 1.62 bits per heavy atom. The van der Waals surface area contributed by atoms with Crippen molar-refractivity contribution in [2.45, 2.75) is 31.7 Å². The van der Waals surface area contributed by atoms with Gasteiger partial charge in [0.25, 0.3) is 6.43 Å². The fraction of sp³-hybridized carbons (Fsp3) is 0.458. The molecule has 1 fully saturated rings. The molecule has 32 heavy (non-hydrogen) atoms. The quantitative estimate of drug-likeness (QED) is 0.452. The number of hydrogen-bond donors (Lipinski definition) is 2. The van der Waals surface area contributed by atoms with E-state index in [1.54, 1.807) is 14.2 Å². The lowest BCUT2D eigenvalue weighted by atomic mass is 10.1. The van der Waals surface area contributed by atoms with E-state index in [4.69, 9.17) is 9.47 Å². The van der Waals surface area contributed by atoms with E-state index in [1.165, 1.54) is 5.56 Å². The van der Waals surface area contributed by atoms with Crippen LogP contribution in [0.15, 0.2) is 53.5 Å². The largest absolute Gasteiger partial charge is 0.497 e. The van der Waals surface area contributed by atoms with Gasteiger partial charge in [0.1, 0.15) is 17.2 Å². The van der Waals surface area contributed by atoms with Crippen LogP contribution in [-0.2, 0) is 6.42 Å². The van der Waals surface area contributed by atoms with E-state index in [0.29, 0.717) is 13.1 Å². The molecular formula is C24H32F2N4O2. The zero-order valence-corrected chi connectivity index (χ0v) is 18.7. The van der Waals surface area contributed by atoms with E-state index in [1.807, 2.05) is 41.3 Å². The summed E-state index contributed by atoms with van der Waals surface area (Å²) in [5.41, 5.74) is 1.19. The van der Waals surface area contributed by atoms with Crippen molar-refractivity contribution >= 4 is 5.96 Å². The van der Waals surface area contributed by atoms with Gasteiger partial charge in [-0.2, -0.15) is 0 Å². The molecule has 0 saturated carbocycles. The number of methoxy groups -OCH3 is 1. The topological polar surface area (TPSA) is 58.1 Å². The van der Waals surface area contributed by atoms with Crippen molar-refractivity contribution in [2.75, 3.05) is 40.3 Å². The molecule has 1 heterocycles. The molecule has 3 rings (SSSR count). The first-order chi connectivity index (χ1) is 15.6. The van der Waals surface area contributed by atoms with Gasteiger partial charge in [-0.3, -0.25) is 9.89 Å². The second kappa shape index (κ2) is 12.2. The van der Waals surface area contributed by atoms with Gasteiger partial charge < -0.3 is 20.1 Å². The average molecular weight is 447 g/mol. The van der Waals surface area contributed by atoms with E-state index in [-0.39, 0.29) is 12.6 Å². The Hall–Kier alpha value is -2.87. The summed E-state index contributed by atoms with van der Waals surface area (Å²) in [4.78, 5) is 6.11. The molecule has 6 nitrogen and oxygen atoms in total. The number of aliphatic imine (C=N–C) groups is 1. The SMILES string of the molecule is CN=C(NCCc1ccc(Oc2ccc(OC)cc2)cc1)NC1CCN(CC(F)F)CC1. The zero-order valence-electron chi connectivity index (χ0n) is 18.7. The summed E-state index contributed by atoms with van der Waals surface area (Å²) in [6.45, 7) is 1.97. The first-order valence-corrected chi connectivity index (χ1v) is 10.9. The fourth-order valence-corrected chi connectivity index (χ4v) is 3.67. The van der Waals surface area contributed by atoms with E-state index in [2.05, 4.69) is 27.8 Å². The van der Waals surface area contributed by atoms with Crippen molar-refractivity contribution in [2.24, 2.45) is 4.99 Å². The molecule has 0 spiro atoms. The highest BCUT2D eigenvalue weighted by Crippen LogP contribution is 2.24. The molecule has 0 aliphatic carbocycles. The van der Waals surface area contributed by atoms with E-state index in [9.17, 15) is 8.78 Å². The minimum absolute atomic E-state index is 0.135. The Bertz CT molecular complexity index is 836. The lowest BCUT2D eigenvalue weighted by molar-refractivity contribution is 0.0744. The third kappa shape index (κ3) is 7.67. The monoisotopic (exact) mass is 446 g/mol. The van der Waals surface area contributed by atoms with Gasteiger partial charge in [0.05, 0.1) is 13.7 Å². The number of nitrogens with one attached hydrogen (secondary N) is 2. The number of hydrogen-bond acceptors (Lipinski definition) is 4. The predicted molar refractivity (Wildman–Crippen MR) is 123 cm³/mol. The van der Waals surface area contributed by atoms with Crippen molar-refractivity contribution in [1.29, 1.82) is 0 Å². The number of ether oxygens (including phenoxy) is 2. The second-order valence-electron chi connectivity index (χ2n) is 7.78. The summed E-state index contributed by atoms with van der Waals surface area (Å²) >= 11 is 0. The molecule has 1 aliphatic rings. The molecule has 0 radical (unpaired) electrons. The van der Waals surface area contributed by atoms with Crippen LogP contribution in [0.25, 0.3) is 0 Å². The smallest absolute Gasteiger partial charge is 0.251 e. The van der Waals surface area contributed by atoms with Gasteiger partial charge in [0, 0.05) is 32.7 Å². The van der Waals surface area contributed by atoms with Gasteiger partial charge >= 0.3 is 0 Å². The minimum atomic E-state index is -2.27. The van der Waals surface area contributed by atoms with Crippen LogP contribution in [0.3, 0.4) is 0 Å². The van der Waals surface area contributed by atoms with Crippen LogP contribution in [0.1, 0.15) is 18.4 Å². The lowest BCUT2D eigenvalue weighted by Crippen LogP contribution is -2.49. The molecule has 2 N–H and O–H groups in total. The van der Waals surface area contributed by atoms with Crippen LogP contribution in [0.2, 0.25) is 0 Å². The highest BCUT2D eigenvalue weighted by Gasteiger charge is 2.21. The Morgan fingerprint density at radius 3 is 2.19 bits per heavy atom. The molecule has 0 amide bonds. The fourth-order valence-electron chi connectivity index (χ4n) is 3.67. The van der Waals surface area contributed by atoms with Crippen molar-refractivity contribution < 1.29 is 18.3 Å². The summed E-state index contributed by atoms with van der Waals surface area (Å²) in [7, 11) is 3.38. The molecule has 0 bridgehead atoms. The van der Waals surface area contributed by atoms with Crippen LogP contribution >= 0.6 is 0 Å². The number of rotatable bonds is 9. The van der Waals surface area contributed by atoms with E-state index < -0.39 is 6.43 Å². The van der Waals surface area contributed by atoms with Gasteiger partial charge in [-0.25, -0.2) is 8.78 Å². The normalized spacial score (nSPS) is 15.6. The van der Waals surface area contributed by atoms with Gasteiger partial charge in [0.15, 0.2) is 5.96 Å². The number of guanidine groups is 1. The Kier molecular flexibility index (Phi) is 9.10. The van der Waals surface area contributed by atoms with Crippen LogP contribution < -0.4 is 20.1 Å². The Balaban J connectivity index is 1.38. The van der Waals surface area contributed by atoms with Crippen molar-refractivity contribution in [1.82, 2.24) is 15.5 Å². The van der Waals surface area contributed by atoms with Gasteiger partial charge in [-0.1, -0.05) is 12.1 Å². The van der Waals surface area contributed by atoms with E-state index in [0.717, 1.165) is 49.0 Å². The molecule has 1 aliphatic heterocycles. The first-order valence-electron chi connectivity index (χ1n) is 10.9. The number of piperidine rings is 1. The molecule has 2 aromatic carbocycles. The summed E-state index contributed by atoms with van der Waals surface area (Å²) in [5.74, 6) is 3.08. The van der Waals surface area contributed by atoms with Crippen molar-refractivity contribution in [3.8, 4) is 17.2 Å². The van der Waals surface area contributed by atoms with Crippen molar-refractivity contribution in [3.05, 3.63) is 54.1 Å². The minimum Gasteiger partial charge on any atom is -0.497 e. The Morgan fingerprint density at radius 1 is 1.03 bits per heavy atom. The second-order valence-corrected chi connectivity index (χ2v) is 7.78. The van der Waals surface area contributed by atoms with Gasteiger partial charge in [-0.15, -0.1) is 0 Å². The van der Waals surface area contributed by atoms with E-state index >= 15 is 0 Å². The molecule has 8 heteroatoms. The molecule has 1 saturated heterocycles. The predicted octanol–water partition coefficient (Wildman–Crippen LogP) is 3.92. The van der Waals surface area contributed by atoms with Crippen LogP contribution in [0.4, 0.5) is 8.78 Å². The van der Waals surface area contributed by atoms with Crippen LogP contribution in [-0.4, -0.2) is 63.7 Å². The third-order valence-electron chi connectivity index (χ3n) is 5.47. The maximum absolute atomic E-state index is 12.5. The standard InChI is InChI=1S/C24H32F2N4O2/c1-27-24(29-19-12-15-30(16-13-19)17-23(25)26)28-14-11-18-3-5-21(6-4-18)32-22-9-7-20(31-2)8-10-22/h3-10,19,23H,11-17H2,1-2H3,(H2,27,28,29). The Labute approximate surface area is 188 Å². The van der Waals surface area contributed by atoms with Crippen molar-refractivity contribution in [3.63, 3.8) is 0 Å². The highest BCUT2D eigenvalue weighted by atomic mass is 19.3.